The van der Waals surface area contributed by atoms with Crippen molar-refractivity contribution in [2.75, 3.05) is 11.5 Å². The highest BCUT2D eigenvalue weighted by molar-refractivity contribution is 8.00. The van der Waals surface area contributed by atoms with Gasteiger partial charge < -0.3 is 21.0 Å². The van der Waals surface area contributed by atoms with Gasteiger partial charge in [-0.05, 0) is 11.6 Å². The number of aliphatic carboxylic acids is 1. The molecule has 3 aromatic heterocycles. The fraction of sp³-hybridized carbons (Fsp3) is 0.185. The van der Waals surface area contributed by atoms with Crippen LogP contribution in [-0.4, -0.2) is 60.1 Å². The zero-order chi connectivity index (χ0) is 28.5. The first-order chi connectivity index (χ1) is 19.9. The Morgan fingerprint density at radius 3 is 2.76 bits per heavy atom. The average molecular weight is 591 g/mol. The number of nitrogens with two attached hydrogens (primary N) is 1. The summed E-state index contributed by atoms with van der Waals surface area (Å²) in [6.07, 6.45) is 5.65. The first kappa shape index (κ1) is 26.5. The minimum atomic E-state index is -1.19. The lowest BCUT2D eigenvalue weighted by molar-refractivity contribution is -0.662. The zero-order valence-corrected chi connectivity index (χ0v) is 23.0. The number of pyridine rings is 1. The second-order valence-corrected chi connectivity index (χ2v) is 11.3. The Kier molecular flexibility index (Phi) is 7.15. The van der Waals surface area contributed by atoms with Gasteiger partial charge in [0.15, 0.2) is 10.8 Å². The molecule has 0 spiro atoms. The fourth-order valence-electron chi connectivity index (χ4n) is 4.75. The van der Waals surface area contributed by atoms with Crippen LogP contribution in [0.5, 0.6) is 0 Å². The summed E-state index contributed by atoms with van der Waals surface area (Å²) in [6.45, 7) is 0.431. The van der Waals surface area contributed by atoms with E-state index in [9.17, 15) is 19.5 Å². The number of thioether (sulfide) groups is 1. The number of rotatable bonds is 9. The molecule has 208 valence electrons. The van der Waals surface area contributed by atoms with E-state index in [1.54, 1.807) is 5.38 Å². The fourth-order valence-corrected chi connectivity index (χ4v) is 6.63. The van der Waals surface area contributed by atoms with Gasteiger partial charge in [-0.25, -0.2) is 18.7 Å². The summed E-state index contributed by atoms with van der Waals surface area (Å²) in [6, 6.07) is 14.1. The van der Waals surface area contributed by atoms with Crippen molar-refractivity contribution >= 4 is 57.4 Å². The molecule has 6 rings (SSSR count). The lowest BCUT2D eigenvalue weighted by atomic mass is 10.0. The Balaban J connectivity index is 1.20. The molecule has 0 saturated carbocycles. The van der Waals surface area contributed by atoms with Crippen LogP contribution in [-0.2, 0) is 32.4 Å². The number of nitrogens with one attached hydrogen (secondary N) is 1. The van der Waals surface area contributed by atoms with Gasteiger partial charge in [0.2, 0.25) is 0 Å². The number of anilines is 1. The van der Waals surface area contributed by atoms with E-state index in [2.05, 4.69) is 15.5 Å². The number of carboxylic acids is 1. The number of imidazole rings is 1. The van der Waals surface area contributed by atoms with Crippen LogP contribution >= 0.6 is 23.1 Å². The minimum absolute atomic E-state index is 0.0561. The molecule has 5 heterocycles. The van der Waals surface area contributed by atoms with Gasteiger partial charge in [-0.2, -0.15) is 0 Å². The van der Waals surface area contributed by atoms with Gasteiger partial charge >= 0.3 is 5.97 Å². The molecule has 2 aliphatic heterocycles. The molecule has 14 heteroatoms. The molecular weight excluding hydrogens is 566 g/mol. The number of aromatic nitrogens is 3. The van der Waals surface area contributed by atoms with Crippen LogP contribution in [0.15, 0.2) is 88.9 Å². The second-order valence-electron chi connectivity index (χ2n) is 9.28. The van der Waals surface area contributed by atoms with E-state index in [0.29, 0.717) is 17.9 Å². The smallest absolute Gasteiger partial charge is 0.352 e. The molecule has 0 aliphatic carbocycles. The first-order valence-corrected chi connectivity index (χ1v) is 14.4. The molecule has 4 aromatic rings. The Morgan fingerprint density at radius 1 is 1.20 bits per heavy atom. The highest BCUT2D eigenvalue weighted by atomic mass is 32.2. The van der Waals surface area contributed by atoms with E-state index in [0.717, 1.165) is 22.5 Å². The Labute approximate surface area is 241 Å². The molecule has 0 radical (unpaired) electrons. The lowest BCUT2D eigenvalue weighted by Crippen LogP contribution is -2.71. The van der Waals surface area contributed by atoms with E-state index < -0.39 is 29.2 Å². The van der Waals surface area contributed by atoms with Crippen molar-refractivity contribution in [3.63, 3.8) is 0 Å². The molecule has 2 atom stereocenters. The Hall–Kier alpha value is -4.69. The van der Waals surface area contributed by atoms with Crippen LogP contribution in [0.2, 0.25) is 0 Å². The standard InChI is InChI=1S/C27H23N7O5S2/c28-27-29-18(15-41-27)20(31-39-13-16-6-2-1-3-7-16)23(35)30-21-24(36)34-22(26(37)38)17(14-40-25(21)34)12-33-11-10-32-9-5-4-8-19(32)33/h1-11,15,21,25H,12-14H2,(H3-,28,29,30,35,37,38)/p+1/b31-20-/t21-,25+/m1/s1. The van der Waals surface area contributed by atoms with Crippen LogP contribution in [0, 0.1) is 0 Å². The van der Waals surface area contributed by atoms with Crippen molar-refractivity contribution in [2.45, 2.75) is 24.6 Å². The monoisotopic (exact) mass is 590 g/mol. The molecule has 4 N–H and O–H groups in total. The van der Waals surface area contributed by atoms with Crippen molar-refractivity contribution in [1.29, 1.82) is 0 Å². The van der Waals surface area contributed by atoms with Crippen LogP contribution in [0.4, 0.5) is 5.13 Å². The molecule has 41 heavy (non-hydrogen) atoms. The maximum Gasteiger partial charge on any atom is 0.352 e. The number of thiazole rings is 1. The topological polar surface area (TPSA) is 155 Å². The summed E-state index contributed by atoms with van der Waals surface area (Å²) in [5.41, 5.74) is 8.14. The van der Waals surface area contributed by atoms with Crippen molar-refractivity contribution < 1.29 is 28.9 Å². The SMILES string of the molecule is Nc1nc(/C(=N/OCc2ccccc2)C(=O)N[C@@H]2C(=O)N3C(C(=O)O)=C(C[n+]4ccn5ccccc54)CS[C@@H]23)cs1. The summed E-state index contributed by atoms with van der Waals surface area (Å²) in [5.74, 6) is -2.00. The number of nitrogens with zero attached hydrogens (tertiary/aromatic N) is 5. The van der Waals surface area contributed by atoms with Crippen molar-refractivity contribution in [2.24, 2.45) is 5.16 Å². The van der Waals surface area contributed by atoms with Crippen LogP contribution < -0.4 is 15.6 Å². The third-order valence-corrected chi connectivity index (χ3v) is 8.69. The second kappa shape index (κ2) is 11.1. The minimum Gasteiger partial charge on any atom is -0.477 e. The van der Waals surface area contributed by atoms with Gasteiger partial charge in [0, 0.05) is 22.8 Å². The molecule has 1 saturated heterocycles. The normalized spacial score (nSPS) is 18.7. The van der Waals surface area contributed by atoms with Crippen molar-refractivity contribution in [3.8, 4) is 0 Å². The van der Waals surface area contributed by atoms with Gasteiger partial charge in [-0.1, -0.05) is 41.6 Å². The number of oxime groups is 1. The molecule has 2 aliphatic rings. The molecule has 1 fully saturated rings. The quantitative estimate of drug-likeness (QED) is 0.115. The van der Waals surface area contributed by atoms with E-state index in [4.69, 9.17) is 10.6 Å². The number of benzene rings is 1. The summed E-state index contributed by atoms with van der Waals surface area (Å²) in [5, 5.41) is 18.0. The van der Waals surface area contributed by atoms with Crippen molar-refractivity contribution in [3.05, 3.63) is 95.0 Å². The number of hydrogen-bond donors (Lipinski definition) is 3. The number of carboxylic acid groups (broad SMARTS) is 1. The maximum atomic E-state index is 13.3. The molecule has 1 aromatic carbocycles. The summed E-state index contributed by atoms with van der Waals surface area (Å²) < 4.78 is 3.86. The van der Waals surface area contributed by atoms with Gasteiger partial charge in [0.05, 0.1) is 6.20 Å². The number of fused-ring (bicyclic) bond motifs is 2. The molecule has 2 amide bonds. The van der Waals surface area contributed by atoms with E-state index in [1.807, 2.05) is 76.1 Å². The Bertz CT molecular complexity index is 1710. The number of carbonyl (C=O) groups is 3. The van der Waals surface area contributed by atoms with Gasteiger partial charge in [0.1, 0.15) is 48.4 Å². The highest BCUT2D eigenvalue weighted by Gasteiger charge is 2.54. The third kappa shape index (κ3) is 5.14. The maximum absolute atomic E-state index is 13.3. The number of carbonyl (C=O) groups excluding carboxylic acids is 2. The van der Waals surface area contributed by atoms with Crippen molar-refractivity contribution in [1.82, 2.24) is 19.6 Å². The van der Waals surface area contributed by atoms with Crippen LogP contribution in [0.25, 0.3) is 5.65 Å². The molecule has 0 bridgehead atoms. The Morgan fingerprint density at radius 2 is 2.00 bits per heavy atom. The predicted molar refractivity (Wildman–Crippen MR) is 152 cm³/mol. The van der Waals surface area contributed by atoms with E-state index in [-0.39, 0.29) is 28.8 Å². The summed E-state index contributed by atoms with van der Waals surface area (Å²) in [7, 11) is 0. The van der Waals surface area contributed by atoms with Gasteiger partial charge in [-0.15, -0.1) is 23.1 Å². The average Bonchev–Trinajstić information content (AvgIpc) is 3.60. The first-order valence-electron chi connectivity index (χ1n) is 12.5. The molecule has 12 nitrogen and oxygen atoms in total. The van der Waals surface area contributed by atoms with E-state index in [1.165, 1.54) is 16.7 Å². The van der Waals surface area contributed by atoms with Gasteiger partial charge in [-0.3, -0.25) is 14.5 Å². The number of nitrogen functional groups attached to an aromatic ring is 1. The number of hydrogen-bond acceptors (Lipinski definition) is 9. The molecule has 0 unspecified atom stereocenters. The number of amides is 2. The summed E-state index contributed by atoms with van der Waals surface area (Å²) >= 11 is 2.53. The highest BCUT2D eigenvalue weighted by Crippen LogP contribution is 2.40. The largest absolute Gasteiger partial charge is 0.477 e. The van der Waals surface area contributed by atoms with Gasteiger partial charge in [0.25, 0.3) is 17.5 Å². The summed E-state index contributed by atoms with van der Waals surface area (Å²) in [4.78, 5) is 49.7. The zero-order valence-electron chi connectivity index (χ0n) is 21.4. The predicted octanol–water partition coefficient (Wildman–Crippen LogP) is 1.63. The third-order valence-electron chi connectivity index (χ3n) is 6.68. The molecular formula is C27H24N7O5S2+. The van der Waals surface area contributed by atoms with Crippen LogP contribution in [0.3, 0.4) is 0 Å². The van der Waals surface area contributed by atoms with E-state index >= 15 is 0 Å². The number of β-lactam (4-membered cyclic amide) rings is 1. The van der Waals surface area contributed by atoms with Crippen LogP contribution in [0.1, 0.15) is 11.3 Å². The lowest BCUT2D eigenvalue weighted by Gasteiger charge is -2.49.